The van der Waals surface area contributed by atoms with E-state index in [0.29, 0.717) is 0 Å². The van der Waals surface area contributed by atoms with Crippen molar-refractivity contribution in [1.29, 1.82) is 0 Å². The van der Waals surface area contributed by atoms with Crippen LogP contribution in [0.4, 0.5) is 0 Å². The van der Waals surface area contributed by atoms with Gasteiger partial charge in [-0.15, -0.1) is 0 Å². The lowest BCUT2D eigenvalue weighted by molar-refractivity contribution is 0.103. The fourth-order valence-corrected chi connectivity index (χ4v) is 3.83. The lowest BCUT2D eigenvalue weighted by atomic mass is 9.94. The Morgan fingerprint density at radius 3 is 1.33 bits per heavy atom. The Morgan fingerprint density at radius 2 is 0.917 bits per heavy atom. The van der Waals surface area contributed by atoms with Crippen LogP contribution < -0.4 is 0 Å². The van der Waals surface area contributed by atoms with Crippen molar-refractivity contribution in [1.82, 2.24) is 0 Å². The Hall–Kier alpha value is -2.93. The Bertz CT molecular complexity index is 1030. The van der Waals surface area contributed by atoms with E-state index in [1.807, 2.05) is 12.1 Å². The second-order valence-electron chi connectivity index (χ2n) is 6.54. The summed E-state index contributed by atoms with van der Waals surface area (Å²) in [6.07, 6.45) is 1.83. The minimum Gasteiger partial charge on any atom is -0.289 e. The molecule has 4 aromatic rings. The quantitative estimate of drug-likeness (QED) is 0.429. The number of carbonyl (C=O) groups excluding carboxylic acids is 1. The van der Waals surface area contributed by atoms with E-state index in [1.54, 1.807) is 0 Å². The lowest BCUT2D eigenvalue weighted by Gasteiger charge is -2.08. The first-order valence-corrected chi connectivity index (χ1v) is 8.38. The van der Waals surface area contributed by atoms with Crippen LogP contribution in [0.2, 0.25) is 0 Å². The summed E-state index contributed by atoms with van der Waals surface area (Å²) in [7, 11) is 0. The fourth-order valence-electron chi connectivity index (χ4n) is 3.83. The van der Waals surface area contributed by atoms with Gasteiger partial charge in [0.05, 0.1) is 0 Å². The Kier molecular flexibility index (Phi) is 2.83. The zero-order chi connectivity index (χ0) is 16.1. The first-order chi connectivity index (χ1) is 11.8. The molecule has 1 heteroatoms. The Balaban J connectivity index is 1.77. The predicted molar refractivity (Wildman–Crippen MR) is 98.7 cm³/mol. The zero-order valence-corrected chi connectivity index (χ0v) is 13.3. The number of benzene rings is 4. The normalized spacial score (nSPS) is 13.6. The van der Waals surface area contributed by atoms with Crippen LogP contribution in [0.1, 0.15) is 27.0 Å². The first kappa shape index (κ1) is 13.5. The van der Waals surface area contributed by atoms with Crippen LogP contribution in [-0.4, -0.2) is 5.78 Å². The molecule has 1 aliphatic carbocycles. The van der Waals surface area contributed by atoms with Crippen molar-refractivity contribution in [3.63, 3.8) is 0 Å². The second kappa shape index (κ2) is 5.04. The number of rotatable bonds is 0. The number of fused-ring (bicyclic) bond motifs is 4. The van der Waals surface area contributed by atoms with Crippen molar-refractivity contribution in [2.24, 2.45) is 0 Å². The number of hydrogen-bond acceptors (Lipinski definition) is 1. The molecule has 0 fully saturated rings. The summed E-state index contributed by atoms with van der Waals surface area (Å²) < 4.78 is 0. The molecule has 0 amide bonds. The third-order valence-electron chi connectivity index (χ3n) is 5.10. The van der Waals surface area contributed by atoms with Crippen LogP contribution in [0.5, 0.6) is 0 Å². The van der Waals surface area contributed by atoms with Crippen LogP contribution in [0.3, 0.4) is 0 Å². The van der Waals surface area contributed by atoms with E-state index in [0.717, 1.165) is 34.7 Å². The molecule has 0 spiro atoms. The van der Waals surface area contributed by atoms with Crippen LogP contribution in [0, 0.1) is 0 Å². The average molecular weight is 308 g/mol. The van der Waals surface area contributed by atoms with Gasteiger partial charge in [0.15, 0.2) is 5.78 Å². The highest BCUT2D eigenvalue weighted by molar-refractivity contribution is 6.14. The summed E-state index contributed by atoms with van der Waals surface area (Å²) in [5, 5.41) is 4.68. The third kappa shape index (κ3) is 1.98. The number of ketones is 1. The minimum absolute atomic E-state index is 0.161. The highest BCUT2D eigenvalue weighted by atomic mass is 16.1. The molecule has 24 heavy (non-hydrogen) atoms. The van der Waals surface area contributed by atoms with Gasteiger partial charge in [-0.2, -0.15) is 0 Å². The van der Waals surface area contributed by atoms with E-state index in [9.17, 15) is 4.79 Å². The van der Waals surface area contributed by atoms with Gasteiger partial charge < -0.3 is 0 Å². The second-order valence-corrected chi connectivity index (χ2v) is 6.54. The van der Waals surface area contributed by atoms with Gasteiger partial charge in [-0.1, -0.05) is 60.7 Å². The smallest absolute Gasteiger partial charge is 0.193 e. The monoisotopic (exact) mass is 308 g/mol. The molecule has 0 unspecified atom stereocenters. The van der Waals surface area contributed by atoms with E-state index in [1.165, 1.54) is 21.9 Å². The largest absolute Gasteiger partial charge is 0.289 e. The maximum Gasteiger partial charge on any atom is 0.193 e. The molecule has 0 atom stereocenters. The molecule has 0 saturated heterocycles. The van der Waals surface area contributed by atoms with Gasteiger partial charge in [-0.05, 0) is 57.6 Å². The van der Waals surface area contributed by atoms with Gasteiger partial charge in [0, 0.05) is 11.1 Å². The Morgan fingerprint density at radius 1 is 0.542 bits per heavy atom. The highest BCUT2D eigenvalue weighted by Crippen LogP contribution is 2.30. The molecule has 0 aliphatic heterocycles. The topological polar surface area (TPSA) is 17.1 Å². The third-order valence-corrected chi connectivity index (χ3v) is 5.10. The summed E-state index contributed by atoms with van der Waals surface area (Å²) in [6, 6.07) is 25.1. The van der Waals surface area contributed by atoms with E-state index >= 15 is 0 Å². The molecule has 1 aliphatic rings. The molecule has 0 radical (unpaired) electrons. The van der Waals surface area contributed by atoms with Gasteiger partial charge >= 0.3 is 0 Å². The molecule has 0 heterocycles. The summed E-state index contributed by atoms with van der Waals surface area (Å²) in [6.45, 7) is 0. The molecular formula is C23H16O. The van der Waals surface area contributed by atoms with Crippen molar-refractivity contribution in [2.75, 3.05) is 0 Å². The maximum atomic E-state index is 13.2. The number of carbonyl (C=O) groups is 1. The van der Waals surface area contributed by atoms with E-state index in [2.05, 4.69) is 60.7 Å². The van der Waals surface area contributed by atoms with E-state index in [4.69, 9.17) is 0 Å². The zero-order valence-electron chi connectivity index (χ0n) is 13.3. The van der Waals surface area contributed by atoms with Gasteiger partial charge in [0.1, 0.15) is 0 Å². The van der Waals surface area contributed by atoms with Crippen molar-refractivity contribution in [3.8, 4) is 0 Å². The van der Waals surface area contributed by atoms with Crippen molar-refractivity contribution < 1.29 is 4.79 Å². The molecular weight excluding hydrogens is 292 g/mol. The molecule has 5 rings (SSSR count). The van der Waals surface area contributed by atoms with Crippen molar-refractivity contribution >= 4 is 27.3 Å². The fraction of sp³-hybridized carbons (Fsp3) is 0.0870. The summed E-state index contributed by atoms with van der Waals surface area (Å²) >= 11 is 0. The molecule has 4 aromatic carbocycles. The molecule has 114 valence electrons. The molecule has 0 bridgehead atoms. The first-order valence-electron chi connectivity index (χ1n) is 8.38. The highest BCUT2D eigenvalue weighted by Gasteiger charge is 2.22. The standard InChI is InChI=1S/C23H16O/c24-23-21-13-17-7-3-1-5-15(17)11-19(21)9-10-20-12-16-6-2-4-8-18(16)14-22(20)23/h1-8,11-14H,9-10H2. The molecule has 0 N–H and O–H groups in total. The summed E-state index contributed by atoms with van der Waals surface area (Å²) in [5.41, 5.74) is 4.06. The van der Waals surface area contributed by atoms with Crippen molar-refractivity contribution in [3.05, 3.63) is 95.1 Å². The number of hydrogen-bond donors (Lipinski definition) is 0. The molecule has 1 nitrogen and oxygen atoms in total. The number of aryl methyl sites for hydroxylation is 2. The Labute approximate surface area is 140 Å². The van der Waals surface area contributed by atoms with Crippen LogP contribution >= 0.6 is 0 Å². The van der Waals surface area contributed by atoms with Gasteiger partial charge in [0.2, 0.25) is 0 Å². The van der Waals surface area contributed by atoms with Crippen LogP contribution in [-0.2, 0) is 12.8 Å². The van der Waals surface area contributed by atoms with Gasteiger partial charge in [-0.3, -0.25) is 4.79 Å². The van der Waals surface area contributed by atoms with Gasteiger partial charge in [0.25, 0.3) is 0 Å². The predicted octanol–water partition coefficient (Wildman–Crippen LogP) is 5.32. The molecule has 0 aromatic heterocycles. The van der Waals surface area contributed by atoms with E-state index < -0.39 is 0 Å². The summed E-state index contributed by atoms with van der Waals surface area (Å²) in [5.74, 6) is 0.161. The van der Waals surface area contributed by atoms with Crippen molar-refractivity contribution in [2.45, 2.75) is 12.8 Å². The SMILES string of the molecule is O=C1c2cc3ccccc3cc2CCc2cc3ccccc3cc21. The van der Waals surface area contributed by atoms with Gasteiger partial charge in [-0.25, -0.2) is 0 Å². The van der Waals surface area contributed by atoms with Crippen LogP contribution in [0.15, 0.2) is 72.8 Å². The van der Waals surface area contributed by atoms with Crippen LogP contribution in [0.25, 0.3) is 21.5 Å². The minimum atomic E-state index is 0.161. The summed E-state index contributed by atoms with van der Waals surface area (Å²) in [4.78, 5) is 13.2. The van der Waals surface area contributed by atoms with E-state index in [-0.39, 0.29) is 5.78 Å². The molecule has 0 saturated carbocycles. The maximum absolute atomic E-state index is 13.2. The average Bonchev–Trinajstić information content (AvgIpc) is 2.76. The lowest BCUT2D eigenvalue weighted by Crippen LogP contribution is -2.04.